The Morgan fingerprint density at radius 2 is 0.739 bits per heavy atom. The third kappa shape index (κ3) is 13.9. The molecule has 6 nitrogen and oxygen atoms in total. The van der Waals surface area contributed by atoms with Crippen LogP contribution in [0.3, 0.4) is 0 Å². The van der Waals surface area contributed by atoms with Crippen molar-refractivity contribution in [1.29, 1.82) is 0 Å². The number of rotatable bonds is 31. The van der Waals surface area contributed by atoms with Gasteiger partial charge in [0.25, 0.3) is 0 Å². The van der Waals surface area contributed by atoms with Gasteiger partial charge in [0.05, 0.1) is 13.1 Å². The number of hydrogen-bond acceptors (Lipinski definition) is 10. The highest BCUT2D eigenvalue weighted by Crippen LogP contribution is 2.54. The molecule has 0 bridgehead atoms. The fourth-order valence-corrected chi connectivity index (χ4v) is 20.6. The summed E-state index contributed by atoms with van der Waals surface area (Å²) in [5.41, 5.74) is 10.6. The topological polar surface area (TPSA) is 61.4 Å². The number of nitrogens with zero attached hydrogens (tertiary/aromatic N) is 6. The van der Waals surface area contributed by atoms with Crippen molar-refractivity contribution >= 4 is 110 Å². The largest absolute Gasteiger partial charge is 0.203 e. The van der Waals surface area contributed by atoms with Crippen LogP contribution in [0.1, 0.15) is 178 Å². The second-order valence-electron chi connectivity index (χ2n) is 25.9. The Morgan fingerprint density at radius 1 is 0.370 bits per heavy atom. The molecule has 0 aliphatic carbocycles. The summed E-state index contributed by atoms with van der Waals surface area (Å²) < 4.78 is 36.3. The van der Waals surface area contributed by atoms with E-state index in [4.69, 9.17) is 20.4 Å². The molecule has 0 saturated carbocycles. The highest BCUT2D eigenvalue weighted by Gasteiger charge is 2.28. The summed E-state index contributed by atoms with van der Waals surface area (Å²) in [5.74, 6) is 0.628. The summed E-state index contributed by atoms with van der Waals surface area (Å²) in [6.45, 7) is 24.2. The molecule has 0 fully saturated rings. The lowest BCUT2D eigenvalue weighted by atomic mass is 9.95. The Morgan fingerprint density at radius 3 is 1.20 bits per heavy atom. The number of halogens is 2. The van der Waals surface area contributed by atoms with Crippen LogP contribution in [0.4, 0.5) is 8.78 Å². The number of fused-ring (bicyclic) bond motifs is 4. The van der Waals surface area contributed by atoms with Crippen LogP contribution in [0.2, 0.25) is 0 Å². The third-order valence-electron chi connectivity index (χ3n) is 19.4. The van der Waals surface area contributed by atoms with Gasteiger partial charge in [0.1, 0.15) is 22.1 Å². The van der Waals surface area contributed by atoms with E-state index in [2.05, 4.69) is 130 Å². The molecule has 0 aliphatic rings. The van der Waals surface area contributed by atoms with E-state index in [9.17, 15) is 0 Å². The monoisotopic (exact) mass is 1340 g/mol. The quantitative estimate of drug-likeness (QED) is 0.0434. The molecular weight excluding hydrogens is 1250 g/mol. The van der Waals surface area contributed by atoms with E-state index < -0.39 is 11.6 Å². The third-order valence-corrected chi connectivity index (χ3v) is 26.2. The summed E-state index contributed by atoms with van der Waals surface area (Å²) in [4.78, 5) is 15.1. The van der Waals surface area contributed by atoms with Gasteiger partial charge < -0.3 is 0 Å². The maximum absolute atomic E-state index is 16.8. The van der Waals surface area contributed by atoms with E-state index in [-0.39, 0.29) is 11.1 Å². The summed E-state index contributed by atoms with van der Waals surface area (Å²) in [6, 6.07) is 34.6. The van der Waals surface area contributed by atoms with Crippen LogP contribution in [0, 0.1) is 49.2 Å². The van der Waals surface area contributed by atoms with Gasteiger partial charge in [0.15, 0.2) is 11.6 Å². The SMILES string of the molecule is CCCCC(CC)Cc1ccc(-c2c3cc(-c4ccc(-c5ccc(-c6ccc(-c7ccc(-c8ccc(C)c9nn(CC(CC)CCCC)nc89)s7)c(F)c6F)s5)c5nn(CC(CC)CCCC)nc45)sc3c(-c3ccc(CC(CC)CCCC)s3)c3cc(C)sc23)s1. The van der Waals surface area contributed by atoms with Gasteiger partial charge in [0, 0.05) is 108 Å². The number of unbranched alkanes of at least 4 members (excludes halogenated alkanes) is 4. The normalized spacial score (nSPS) is 13.5. The average molecular weight is 1340 g/mol. The fourth-order valence-electron chi connectivity index (χ4n) is 13.7. The summed E-state index contributed by atoms with van der Waals surface area (Å²) in [7, 11) is 0. The minimum atomic E-state index is -0.852. The van der Waals surface area contributed by atoms with E-state index >= 15 is 8.78 Å². The predicted octanol–water partition coefficient (Wildman–Crippen LogP) is 26.4. The van der Waals surface area contributed by atoms with Gasteiger partial charge in [-0.25, -0.2) is 8.78 Å². The predicted molar refractivity (Wildman–Crippen MR) is 399 cm³/mol. The standard InChI is InChI=1S/C78H90F2N6S6/c1-11-19-23-49(15-5)42-53-28-35-66(88-53)69-60-41-48(10)87-77(60)70(67-36-29-54(89-67)43-50(16-6)24-20-12-2)61-44-68(92-78(61)69)59-34-33-58(75-76(59)84-86(83-75)46-52(18-8)26-22-14-4)65-40-38-63(91-65)56-32-31-55(71(79)72(56)80)62-37-39-64(90-62)57-30-27-47(9)73-74(57)82-85(81-73)45-51(17-7)25-21-13-3/h27-41,44,49-52H,11-26,42-43,45-46H2,1-10H3. The number of hydrogen-bond donors (Lipinski definition) is 0. The molecule has 0 amide bonds. The average Bonchev–Trinajstić information content (AvgIpc) is 1.55. The van der Waals surface area contributed by atoms with Crippen molar-refractivity contribution in [2.24, 2.45) is 23.7 Å². The van der Waals surface area contributed by atoms with Crippen molar-refractivity contribution in [2.45, 2.75) is 198 Å². The highest BCUT2D eigenvalue weighted by molar-refractivity contribution is 7.25. The van der Waals surface area contributed by atoms with Crippen molar-refractivity contribution in [3.63, 3.8) is 0 Å². The van der Waals surface area contributed by atoms with Crippen molar-refractivity contribution < 1.29 is 8.78 Å². The Bertz CT molecular complexity index is 4370. The van der Waals surface area contributed by atoms with Gasteiger partial charge in [0.2, 0.25) is 0 Å². The molecule has 14 heteroatoms. The molecule has 12 rings (SSSR count). The molecule has 0 spiro atoms. The molecule has 92 heavy (non-hydrogen) atoms. The Balaban J connectivity index is 0.927. The lowest BCUT2D eigenvalue weighted by Gasteiger charge is -2.13. The minimum Gasteiger partial charge on any atom is -0.203 e. The van der Waals surface area contributed by atoms with E-state index in [0.717, 1.165) is 119 Å². The van der Waals surface area contributed by atoms with Crippen LogP contribution in [0.25, 0.3) is 115 Å². The summed E-state index contributed by atoms with van der Waals surface area (Å²) >= 11 is 10.7. The van der Waals surface area contributed by atoms with E-state index in [0.29, 0.717) is 33.4 Å². The molecule has 4 aromatic carbocycles. The van der Waals surface area contributed by atoms with E-state index in [1.165, 1.54) is 147 Å². The molecule has 8 aromatic heterocycles. The molecule has 0 N–H and O–H groups in total. The summed E-state index contributed by atoms with van der Waals surface area (Å²) in [5, 5.41) is 23.5. The lowest BCUT2D eigenvalue weighted by molar-refractivity contribution is 0.351. The van der Waals surface area contributed by atoms with Gasteiger partial charge in [-0.2, -0.15) is 30.0 Å². The summed E-state index contributed by atoms with van der Waals surface area (Å²) in [6.07, 6.45) is 21.3. The molecule has 0 saturated heterocycles. The highest BCUT2D eigenvalue weighted by atomic mass is 32.1. The number of aryl methyl sites for hydroxylation is 2. The minimum absolute atomic E-state index is 0.241. The van der Waals surface area contributed by atoms with Crippen LogP contribution in [0.5, 0.6) is 0 Å². The van der Waals surface area contributed by atoms with Crippen LogP contribution < -0.4 is 0 Å². The Hall–Kier alpha value is -5.74. The van der Waals surface area contributed by atoms with Gasteiger partial charge in [-0.1, -0.05) is 170 Å². The number of benzene rings is 4. The first-order valence-corrected chi connectivity index (χ1v) is 39.3. The van der Waals surface area contributed by atoms with Crippen LogP contribution >= 0.6 is 68.0 Å². The Labute approximate surface area is 568 Å². The maximum atomic E-state index is 16.8. The smallest absolute Gasteiger partial charge is 0.168 e. The van der Waals surface area contributed by atoms with Crippen LogP contribution in [-0.2, 0) is 25.9 Å². The van der Waals surface area contributed by atoms with Crippen molar-refractivity contribution in [3.8, 4) is 73.1 Å². The second kappa shape index (κ2) is 29.9. The van der Waals surface area contributed by atoms with Gasteiger partial charge in [-0.3, -0.25) is 0 Å². The van der Waals surface area contributed by atoms with Crippen molar-refractivity contribution in [1.82, 2.24) is 30.0 Å². The first-order valence-electron chi connectivity index (χ1n) is 34.4. The zero-order valence-corrected chi connectivity index (χ0v) is 60.5. The zero-order chi connectivity index (χ0) is 64.2. The first kappa shape index (κ1) is 66.3. The fraction of sp³-hybridized carbons (Fsp3) is 0.436. The second-order valence-corrected chi connectivity index (χ2v) is 32.7. The molecule has 0 radical (unpaired) electrons. The molecule has 12 aromatic rings. The molecule has 4 atom stereocenters. The molecule has 482 valence electrons. The molecule has 0 aliphatic heterocycles. The molecular formula is C78H90F2N6S6. The maximum Gasteiger partial charge on any atom is 0.168 e. The number of thiophene rings is 6. The van der Waals surface area contributed by atoms with Crippen molar-refractivity contribution in [3.05, 3.63) is 129 Å². The van der Waals surface area contributed by atoms with Crippen LogP contribution in [-0.4, -0.2) is 30.0 Å². The lowest BCUT2D eigenvalue weighted by Crippen LogP contribution is -2.12. The number of aromatic nitrogens is 6. The Kier molecular flexibility index (Phi) is 21.6. The van der Waals surface area contributed by atoms with Gasteiger partial charge >= 0.3 is 0 Å². The van der Waals surface area contributed by atoms with Gasteiger partial charge in [-0.05, 0) is 142 Å². The van der Waals surface area contributed by atoms with Crippen LogP contribution in [0.15, 0.2) is 97.1 Å². The van der Waals surface area contributed by atoms with Crippen molar-refractivity contribution in [2.75, 3.05) is 0 Å². The first-order chi connectivity index (χ1) is 44.8. The molecule has 4 unspecified atom stereocenters. The van der Waals surface area contributed by atoms with Gasteiger partial charge in [-0.15, -0.1) is 68.0 Å². The van der Waals surface area contributed by atoms with E-state index in [1.807, 2.05) is 79.2 Å². The zero-order valence-electron chi connectivity index (χ0n) is 55.6. The van der Waals surface area contributed by atoms with E-state index in [1.54, 1.807) is 12.1 Å². The molecule has 8 heterocycles.